The topological polar surface area (TPSA) is 58.3 Å². The van der Waals surface area contributed by atoms with Crippen LogP contribution in [0.5, 0.6) is 0 Å². The van der Waals surface area contributed by atoms with Crippen LogP contribution >= 0.6 is 23.2 Å². The molecule has 0 amide bonds. The van der Waals surface area contributed by atoms with Crippen LogP contribution in [0.1, 0.15) is 24.4 Å². The molecule has 0 aliphatic rings. The quantitative estimate of drug-likeness (QED) is 0.670. The number of rotatable bonds is 7. The van der Waals surface area contributed by atoms with Crippen LogP contribution in [-0.2, 0) is 0 Å². The van der Waals surface area contributed by atoms with Gasteiger partial charge in [-0.25, -0.2) is 0 Å². The van der Waals surface area contributed by atoms with E-state index in [-0.39, 0.29) is 12.6 Å². The van der Waals surface area contributed by atoms with E-state index in [1.54, 1.807) is 6.07 Å². The highest BCUT2D eigenvalue weighted by Crippen LogP contribution is 2.29. The number of benzene rings is 1. The Morgan fingerprint density at radius 1 is 1.29 bits per heavy atom. The zero-order valence-corrected chi connectivity index (χ0v) is 11.1. The lowest BCUT2D eigenvalue weighted by atomic mass is 10.1. The lowest BCUT2D eigenvalue weighted by Gasteiger charge is -2.19. The van der Waals surface area contributed by atoms with E-state index in [0.717, 1.165) is 24.9 Å². The van der Waals surface area contributed by atoms with Gasteiger partial charge in [0.2, 0.25) is 0 Å². The highest BCUT2D eigenvalue weighted by atomic mass is 35.5. The van der Waals surface area contributed by atoms with Gasteiger partial charge in [0.25, 0.3) is 0 Å². The van der Waals surface area contributed by atoms with Crippen LogP contribution in [-0.4, -0.2) is 24.8 Å². The molecule has 1 aromatic rings. The smallest absolute Gasteiger partial charge is 0.0640 e. The van der Waals surface area contributed by atoms with Gasteiger partial charge >= 0.3 is 0 Å². The third-order valence-electron chi connectivity index (χ3n) is 2.57. The molecular formula is C12H18Cl2N2O. The Bertz CT molecular complexity index is 347. The third kappa shape index (κ3) is 4.45. The van der Waals surface area contributed by atoms with Gasteiger partial charge in [0.1, 0.15) is 0 Å². The lowest BCUT2D eigenvalue weighted by Crippen LogP contribution is -2.29. The second-order valence-electron chi connectivity index (χ2n) is 3.82. The Morgan fingerprint density at radius 3 is 2.71 bits per heavy atom. The van der Waals surface area contributed by atoms with Crippen molar-refractivity contribution >= 4 is 23.2 Å². The first kappa shape index (κ1) is 14.7. The van der Waals surface area contributed by atoms with Crippen LogP contribution in [0.4, 0.5) is 0 Å². The Labute approximate surface area is 112 Å². The predicted molar refractivity (Wildman–Crippen MR) is 72.6 cm³/mol. The molecule has 96 valence electrons. The molecule has 0 fully saturated rings. The Balaban J connectivity index is 2.63. The highest BCUT2D eigenvalue weighted by Gasteiger charge is 2.13. The molecule has 5 heteroatoms. The molecule has 0 bridgehead atoms. The van der Waals surface area contributed by atoms with E-state index >= 15 is 0 Å². The third-order valence-corrected chi connectivity index (χ3v) is 3.40. The van der Waals surface area contributed by atoms with Gasteiger partial charge in [-0.1, -0.05) is 35.3 Å². The molecule has 0 radical (unpaired) electrons. The van der Waals surface area contributed by atoms with Crippen LogP contribution < -0.4 is 11.1 Å². The second-order valence-corrected chi connectivity index (χ2v) is 4.60. The first-order valence-electron chi connectivity index (χ1n) is 5.69. The maximum atomic E-state index is 8.70. The van der Waals surface area contributed by atoms with Gasteiger partial charge < -0.3 is 16.2 Å². The normalized spacial score (nSPS) is 12.7. The van der Waals surface area contributed by atoms with Crippen LogP contribution in [0, 0.1) is 0 Å². The maximum absolute atomic E-state index is 8.70. The van der Waals surface area contributed by atoms with Crippen molar-refractivity contribution in [1.29, 1.82) is 0 Å². The van der Waals surface area contributed by atoms with Crippen LogP contribution in [0.2, 0.25) is 10.0 Å². The summed E-state index contributed by atoms with van der Waals surface area (Å²) in [7, 11) is 0. The number of nitrogens with two attached hydrogens (primary N) is 1. The molecule has 1 rings (SSSR count). The minimum atomic E-state index is -0.0000992. The van der Waals surface area contributed by atoms with E-state index in [1.165, 1.54) is 0 Å². The largest absolute Gasteiger partial charge is 0.396 e. The summed E-state index contributed by atoms with van der Waals surface area (Å²) in [6.07, 6.45) is 1.69. The average Bonchev–Trinajstić information content (AvgIpc) is 2.34. The van der Waals surface area contributed by atoms with Crippen molar-refractivity contribution < 1.29 is 5.11 Å². The van der Waals surface area contributed by atoms with Crippen molar-refractivity contribution in [2.45, 2.75) is 18.9 Å². The molecule has 0 aliphatic heterocycles. The van der Waals surface area contributed by atoms with Gasteiger partial charge in [0, 0.05) is 19.2 Å². The van der Waals surface area contributed by atoms with Gasteiger partial charge in [-0.2, -0.15) is 0 Å². The van der Waals surface area contributed by atoms with E-state index in [9.17, 15) is 0 Å². The molecule has 0 saturated carbocycles. The minimum absolute atomic E-state index is 0.0000992. The molecule has 1 aromatic carbocycles. The molecule has 0 spiro atoms. The highest BCUT2D eigenvalue weighted by molar-refractivity contribution is 6.42. The van der Waals surface area contributed by atoms with Gasteiger partial charge in [-0.15, -0.1) is 0 Å². The van der Waals surface area contributed by atoms with Crippen molar-refractivity contribution in [2.24, 2.45) is 5.73 Å². The Morgan fingerprint density at radius 2 is 2.06 bits per heavy atom. The van der Waals surface area contributed by atoms with E-state index in [4.69, 9.17) is 34.0 Å². The van der Waals surface area contributed by atoms with E-state index < -0.39 is 0 Å². The first-order chi connectivity index (χ1) is 8.20. The molecule has 4 N–H and O–H groups in total. The summed E-state index contributed by atoms with van der Waals surface area (Å²) in [6.45, 7) is 1.47. The number of nitrogens with one attached hydrogen (secondary N) is 1. The number of unbranched alkanes of at least 4 members (excludes halogenated alkanes) is 1. The number of aliphatic hydroxyl groups is 1. The van der Waals surface area contributed by atoms with Crippen molar-refractivity contribution in [3.05, 3.63) is 33.8 Å². The maximum Gasteiger partial charge on any atom is 0.0640 e. The molecule has 1 atom stereocenters. The van der Waals surface area contributed by atoms with Gasteiger partial charge in [-0.05, 0) is 31.0 Å². The fourth-order valence-corrected chi connectivity index (χ4v) is 2.06. The summed E-state index contributed by atoms with van der Waals surface area (Å²) in [6, 6.07) is 5.54. The number of hydrogen-bond donors (Lipinski definition) is 3. The summed E-state index contributed by atoms with van der Waals surface area (Å²) >= 11 is 12.1. The molecular weight excluding hydrogens is 259 g/mol. The molecule has 0 aromatic heterocycles. The van der Waals surface area contributed by atoms with Crippen molar-refractivity contribution in [1.82, 2.24) is 5.32 Å². The summed E-state index contributed by atoms with van der Waals surface area (Å²) in [5.74, 6) is 0. The average molecular weight is 277 g/mol. The molecule has 0 heterocycles. The summed E-state index contributed by atoms with van der Waals surface area (Å²) < 4.78 is 0. The molecule has 3 nitrogen and oxygen atoms in total. The summed E-state index contributed by atoms with van der Waals surface area (Å²) in [5.41, 5.74) is 6.65. The fourth-order valence-electron chi connectivity index (χ4n) is 1.62. The molecule has 1 unspecified atom stereocenters. The zero-order chi connectivity index (χ0) is 12.7. The van der Waals surface area contributed by atoms with Crippen LogP contribution in [0.15, 0.2) is 18.2 Å². The Hall–Kier alpha value is -0.320. The van der Waals surface area contributed by atoms with Gasteiger partial charge in [0.15, 0.2) is 0 Å². The van der Waals surface area contributed by atoms with Gasteiger partial charge in [-0.3, -0.25) is 0 Å². The fraction of sp³-hybridized carbons (Fsp3) is 0.500. The Kier molecular flexibility index (Phi) is 6.85. The molecule has 0 aliphatic carbocycles. The van der Waals surface area contributed by atoms with Crippen LogP contribution in [0.3, 0.4) is 0 Å². The predicted octanol–water partition coefficient (Wildman–Crippen LogP) is 2.36. The van der Waals surface area contributed by atoms with Crippen molar-refractivity contribution in [3.63, 3.8) is 0 Å². The number of hydrogen-bond acceptors (Lipinski definition) is 3. The first-order valence-corrected chi connectivity index (χ1v) is 6.44. The standard InChI is InChI=1S/C12H18Cl2N2O/c13-10-5-3-4-9(12(10)14)11(8-15)16-6-1-2-7-17/h3-5,11,16-17H,1-2,6-8,15H2. The summed E-state index contributed by atoms with van der Waals surface area (Å²) in [4.78, 5) is 0. The molecule has 17 heavy (non-hydrogen) atoms. The van der Waals surface area contributed by atoms with Crippen LogP contribution in [0.25, 0.3) is 0 Å². The van der Waals surface area contributed by atoms with E-state index in [2.05, 4.69) is 5.32 Å². The van der Waals surface area contributed by atoms with Crippen molar-refractivity contribution in [3.8, 4) is 0 Å². The lowest BCUT2D eigenvalue weighted by molar-refractivity contribution is 0.282. The second kappa shape index (κ2) is 7.90. The summed E-state index contributed by atoms with van der Waals surface area (Å²) in [5, 5.41) is 13.1. The monoisotopic (exact) mass is 276 g/mol. The molecule has 0 saturated heterocycles. The number of halogens is 2. The van der Waals surface area contributed by atoms with E-state index in [0.29, 0.717) is 16.6 Å². The SMILES string of the molecule is NCC(NCCCCO)c1cccc(Cl)c1Cl. The van der Waals surface area contributed by atoms with Gasteiger partial charge in [0.05, 0.1) is 10.0 Å². The van der Waals surface area contributed by atoms with Crippen molar-refractivity contribution in [2.75, 3.05) is 19.7 Å². The zero-order valence-electron chi connectivity index (χ0n) is 9.63. The van der Waals surface area contributed by atoms with E-state index in [1.807, 2.05) is 12.1 Å². The minimum Gasteiger partial charge on any atom is -0.396 e. The number of aliphatic hydroxyl groups excluding tert-OH is 1.